The van der Waals surface area contributed by atoms with Gasteiger partial charge in [0.15, 0.2) is 0 Å². The second kappa shape index (κ2) is 4.04. The Kier molecular flexibility index (Phi) is 2.75. The van der Waals surface area contributed by atoms with Gasteiger partial charge in [0, 0.05) is 11.6 Å². The third-order valence-electron chi connectivity index (χ3n) is 2.22. The number of hydrogen-bond donors (Lipinski definition) is 2. The first-order valence-electron chi connectivity index (χ1n) is 4.74. The van der Waals surface area contributed by atoms with Gasteiger partial charge in [-0.3, -0.25) is 0 Å². The van der Waals surface area contributed by atoms with Gasteiger partial charge < -0.3 is 10.7 Å². The molecule has 0 bridgehead atoms. The van der Waals surface area contributed by atoms with E-state index < -0.39 is 0 Å². The predicted molar refractivity (Wildman–Crippen MR) is 61.6 cm³/mol. The molecule has 0 aliphatic carbocycles. The Morgan fingerprint density at radius 1 is 1.40 bits per heavy atom. The Balaban J connectivity index is 2.42. The molecule has 0 saturated carbocycles. The van der Waals surface area contributed by atoms with Crippen LogP contribution in [0, 0.1) is 0 Å². The summed E-state index contributed by atoms with van der Waals surface area (Å²) in [7, 11) is 0. The van der Waals surface area contributed by atoms with Crippen molar-refractivity contribution in [2.75, 3.05) is 0 Å². The first-order valence-corrected chi connectivity index (χ1v) is 5.11. The summed E-state index contributed by atoms with van der Waals surface area (Å²) in [5, 5.41) is 0.683. The van der Waals surface area contributed by atoms with Crippen molar-refractivity contribution < 1.29 is 0 Å². The van der Waals surface area contributed by atoms with E-state index in [0.29, 0.717) is 5.02 Å². The number of nitrogens with two attached hydrogens (primary N) is 1. The Hall–Kier alpha value is -1.32. The molecule has 0 aliphatic rings. The van der Waals surface area contributed by atoms with Crippen LogP contribution in [-0.4, -0.2) is 9.97 Å². The molecule has 15 heavy (non-hydrogen) atoms. The van der Waals surface area contributed by atoms with E-state index in [-0.39, 0.29) is 6.04 Å². The first-order chi connectivity index (χ1) is 7.18. The molecule has 1 aromatic carbocycles. The van der Waals surface area contributed by atoms with Gasteiger partial charge in [0.05, 0.1) is 16.9 Å². The lowest BCUT2D eigenvalue weighted by Crippen LogP contribution is -2.04. The zero-order chi connectivity index (χ0) is 10.8. The highest BCUT2D eigenvalue weighted by Crippen LogP contribution is 2.25. The highest BCUT2D eigenvalue weighted by Gasteiger charge is 2.08. The van der Waals surface area contributed by atoms with Crippen molar-refractivity contribution in [3.8, 4) is 11.4 Å². The molecule has 4 heteroatoms. The topological polar surface area (TPSA) is 54.7 Å². The summed E-state index contributed by atoms with van der Waals surface area (Å²) in [6, 6.07) is 7.53. The third-order valence-corrected chi connectivity index (χ3v) is 2.54. The third kappa shape index (κ3) is 2.03. The molecule has 1 unspecified atom stereocenters. The highest BCUT2D eigenvalue weighted by atomic mass is 35.5. The van der Waals surface area contributed by atoms with Crippen molar-refractivity contribution in [1.82, 2.24) is 9.97 Å². The number of nitrogens with zero attached hydrogens (tertiary/aromatic N) is 1. The van der Waals surface area contributed by atoms with Crippen molar-refractivity contribution in [1.29, 1.82) is 0 Å². The average Bonchev–Trinajstić information content (AvgIpc) is 2.67. The highest BCUT2D eigenvalue weighted by molar-refractivity contribution is 6.33. The van der Waals surface area contributed by atoms with E-state index in [1.807, 2.05) is 31.2 Å². The van der Waals surface area contributed by atoms with Crippen molar-refractivity contribution in [3.05, 3.63) is 41.2 Å². The number of nitrogens with one attached hydrogen (secondary N) is 1. The molecular weight excluding hydrogens is 210 g/mol. The maximum Gasteiger partial charge on any atom is 0.139 e. The molecule has 2 rings (SSSR count). The van der Waals surface area contributed by atoms with Gasteiger partial charge >= 0.3 is 0 Å². The number of hydrogen-bond acceptors (Lipinski definition) is 2. The van der Waals surface area contributed by atoms with E-state index in [4.69, 9.17) is 17.3 Å². The molecule has 0 radical (unpaired) electrons. The number of halogens is 1. The van der Waals surface area contributed by atoms with Crippen LogP contribution in [0.1, 0.15) is 18.7 Å². The summed E-state index contributed by atoms with van der Waals surface area (Å²) in [6.07, 6.45) is 1.74. The van der Waals surface area contributed by atoms with E-state index in [0.717, 1.165) is 17.1 Å². The number of H-pyrrole nitrogens is 1. The molecular formula is C11H12ClN3. The van der Waals surface area contributed by atoms with Gasteiger partial charge in [0.1, 0.15) is 5.82 Å². The Bertz CT molecular complexity index is 462. The van der Waals surface area contributed by atoms with E-state index in [1.165, 1.54) is 0 Å². The lowest BCUT2D eigenvalue weighted by Gasteiger charge is -2.01. The minimum Gasteiger partial charge on any atom is -0.341 e. The lowest BCUT2D eigenvalue weighted by molar-refractivity contribution is 0.789. The molecule has 3 N–H and O–H groups in total. The Morgan fingerprint density at radius 3 is 2.73 bits per heavy atom. The molecule has 78 valence electrons. The van der Waals surface area contributed by atoms with Gasteiger partial charge in [-0.05, 0) is 19.1 Å². The summed E-state index contributed by atoms with van der Waals surface area (Å²) in [5.41, 5.74) is 7.54. The van der Waals surface area contributed by atoms with Gasteiger partial charge in [0.25, 0.3) is 0 Å². The minimum absolute atomic E-state index is 0.0475. The summed E-state index contributed by atoms with van der Waals surface area (Å²) in [6.45, 7) is 1.91. The molecule has 2 aromatic rings. The Labute approximate surface area is 93.3 Å². The summed E-state index contributed by atoms with van der Waals surface area (Å²) < 4.78 is 0. The number of imidazole rings is 1. The van der Waals surface area contributed by atoms with Crippen LogP contribution in [-0.2, 0) is 0 Å². The number of aromatic nitrogens is 2. The smallest absolute Gasteiger partial charge is 0.139 e. The predicted octanol–water partition coefficient (Wildman–Crippen LogP) is 2.75. The van der Waals surface area contributed by atoms with Crippen LogP contribution in [0.2, 0.25) is 5.02 Å². The second-order valence-electron chi connectivity index (χ2n) is 3.46. The number of benzene rings is 1. The van der Waals surface area contributed by atoms with Crippen molar-refractivity contribution in [2.24, 2.45) is 5.73 Å². The normalized spacial score (nSPS) is 12.7. The fourth-order valence-electron chi connectivity index (χ4n) is 1.36. The first kappa shape index (κ1) is 10.2. The molecule has 0 aliphatic heterocycles. The van der Waals surface area contributed by atoms with E-state index in [2.05, 4.69) is 9.97 Å². The SMILES string of the molecule is CC(N)c1cnc(-c2ccccc2Cl)[nH]1. The molecule has 0 fully saturated rings. The standard InChI is InChI=1S/C11H12ClN3/c1-7(13)10-6-14-11(15-10)8-4-2-3-5-9(8)12/h2-7H,13H2,1H3,(H,14,15). The lowest BCUT2D eigenvalue weighted by atomic mass is 10.2. The average molecular weight is 222 g/mol. The van der Waals surface area contributed by atoms with Gasteiger partial charge in [-0.2, -0.15) is 0 Å². The van der Waals surface area contributed by atoms with Crippen molar-refractivity contribution >= 4 is 11.6 Å². The Morgan fingerprint density at radius 2 is 2.13 bits per heavy atom. The zero-order valence-corrected chi connectivity index (χ0v) is 9.12. The van der Waals surface area contributed by atoms with E-state index >= 15 is 0 Å². The zero-order valence-electron chi connectivity index (χ0n) is 8.37. The molecule has 1 aromatic heterocycles. The number of rotatable bonds is 2. The van der Waals surface area contributed by atoms with Crippen LogP contribution in [0.15, 0.2) is 30.5 Å². The van der Waals surface area contributed by atoms with Gasteiger partial charge in [0.2, 0.25) is 0 Å². The largest absolute Gasteiger partial charge is 0.341 e. The monoisotopic (exact) mass is 221 g/mol. The summed E-state index contributed by atoms with van der Waals surface area (Å²) in [4.78, 5) is 7.40. The minimum atomic E-state index is -0.0475. The maximum atomic E-state index is 6.06. The fourth-order valence-corrected chi connectivity index (χ4v) is 1.58. The fraction of sp³-hybridized carbons (Fsp3) is 0.182. The van der Waals surface area contributed by atoms with Crippen LogP contribution in [0.5, 0.6) is 0 Å². The van der Waals surface area contributed by atoms with Crippen molar-refractivity contribution in [3.63, 3.8) is 0 Å². The molecule has 3 nitrogen and oxygen atoms in total. The molecule has 1 heterocycles. The van der Waals surface area contributed by atoms with Crippen LogP contribution in [0.25, 0.3) is 11.4 Å². The van der Waals surface area contributed by atoms with Crippen LogP contribution >= 0.6 is 11.6 Å². The van der Waals surface area contributed by atoms with E-state index in [9.17, 15) is 0 Å². The molecule has 0 spiro atoms. The number of aromatic amines is 1. The molecule has 0 saturated heterocycles. The van der Waals surface area contributed by atoms with E-state index in [1.54, 1.807) is 6.20 Å². The molecule has 1 atom stereocenters. The van der Waals surface area contributed by atoms with Crippen LogP contribution < -0.4 is 5.73 Å². The maximum absolute atomic E-state index is 6.06. The molecule has 0 amide bonds. The van der Waals surface area contributed by atoms with Gasteiger partial charge in [-0.25, -0.2) is 4.98 Å². The van der Waals surface area contributed by atoms with Crippen molar-refractivity contribution in [2.45, 2.75) is 13.0 Å². The van der Waals surface area contributed by atoms with Crippen LogP contribution in [0.3, 0.4) is 0 Å². The van der Waals surface area contributed by atoms with Gasteiger partial charge in [-0.15, -0.1) is 0 Å². The summed E-state index contributed by atoms with van der Waals surface area (Å²) >= 11 is 6.06. The van der Waals surface area contributed by atoms with Crippen LogP contribution in [0.4, 0.5) is 0 Å². The summed E-state index contributed by atoms with van der Waals surface area (Å²) in [5.74, 6) is 0.757. The second-order valence-corrected chi connectivity index (χ2v) is 3.86. The van der Waals surface area contributed by atoms with Gasteiger partial charge in [-0.1, -0.05) is 23.7 Å². The quantitative estimate of drug-likeness (QED) is 0.820.